The Morgan fingerprint density at radius 2 is 2.21 bits per heavy atom. The van der Waals surface area contributed by atoms with Crippen molar-refractivity contribution in [2.45, 2.75) is 0 Å². The third-order valence-electron chi connectivity index (χ3n) is 1.67. The first-order chi connectivity index (χ1) is 6.72. The second-order valence-corrected chi connectivity index (χ2v) is 3.36. The van der Waals surface area contributed by atoms with Crippen LogP contribution in [0.15, 0.2) is 16.6 Å². The molecule has 0 saturated heterocycles. The van der Waals surface area contributed by atoms with Crippen molar-refractivity contribution >= 4 is 28.1 Å². The highest BCUT2D eigenvalue weighted by Gasteiger charge is 2.11. The number of nitrogens with one attached hydrogen (secondary N) is 1. The molecule has 0 saturated carbocycles. The van der Waals surface area contributed by atoms with Crippen LogP contribution >= 0.6 is 15.9 Å². The van der Waals surface area contributed by atoms with E-state index >= 15 is 0 Å². The van der Waals surface area contributed by atoms with E-state index in [4.69, 9.17) is 9.47 Å². The summed E-state index contributed by atoms with van der Waals surface area (Å²) in [5.74, 6) is 0.879. The Kier molecular flexibility index (Phi) is 3.76. The zero-order valence-electron chi connectivity index (χ0n) is 7.83. The third kappa shape index (κ3) is 2.17. The summed E-state index contributed by atoms with van der Waals surface area (Å²) < 4.78 is 10.7. The van der Waals surface area contributed by atoms with Gasteiger partial charge in [-0.2, -0.15) is 0 Å². The molecule has 0 heterocycles. The first-order valence-electron chi connectivity index (χ1n) is 3.88. The highest BCUT2D eigenvalue weighted by molar-refractivity contribution is 9.10. The molecule has 0 bridgehead atoms. The predicted octanol–water partition coefficient (Wildman–Crippen LogP) is 2.03. The standard InChI is InChI=1S/C9H10BrNO3/c1-11-7-3-6(10)4-8(13-2)9(7)14-5-12/h3-5,11H,1-2H3. The predicted molar refractivity (Wildman–Crippen MR) is 56.9 cm³/mol. The fourth-order valence-electron chi connectivity index (χ4n) is 1.08. The zero-order valence-corrected chi connectivity index (χ0v) is 9.42. The molecule has 1 N–H and O–H groups in total. The Labute approximate surface area is 90.3 Å². The van der Waals surface area contributed by atoms with Crippen LogP contribution in [0, 0.1) is 0 Å². The van der Waals surface area contributed by atoms with Crippen LogP contribution in [-0.4, -0.2) is 20.6 Å². The minimum Gasteiger partial charge on any atom is -0.493 e. The molecule has 1 aromatic rings. The van der Waals surface area contributed by atoms with Crippen molar-refractivity contribution < 1.29 is 14.3 Å². The summed E-state index contributed by atoms with van der Waals surface area (Å²) in [4.78, 5) is 10.3. The quantitative estimate of drug-likeness (QED) is 0.841. The first-order valence-corrected chi connectivity index (χ1v) is 4.67. The lowest BCUT2D eigenvalue weighted by atomic mass is 10.2. The number of rotatable bonds is 4. The Balaban J connectivity index is 3.24. The second kappa shape index (κ2) is 4.85. The van der Waals surface area contributed by atoms with Gasteiger partial charge in [-0.3, -0.25) is 4.79 Å². The number of carbonyl (C=O) groups is 1. The fraction of sp³-hybridized carbons (Fsp3) is 0.222. The van der Waals surface area contributed by atoms with E-state index in [9.17, 15) is 4.79 Å². The lowest BCUT2D eigenvalue weighted by molar-refractivity contribution is -0.120. The fourth-order valence-corrected chi connectivity index (χ4v) is 1.51. The van der Waals surface area contributed by atoms with Crippen LogP contribution in [0.25, 0.3) is 0 Å². The van der Waals surface area contributed by atoms with Gasteiger partial charge in [0.25, 0.3) is 6.47 Å². The molecule has 1 aromatic carbocycles. The van der Waals surface area contributed by atoms with Gasteiger partial charge >= 0.3 is 0 Å². The van der Waals surface area contributed by atoms with Crippen LogP contribution < -0.4 is 14.8 Å². The summed E-state index contributed by atoms with van der Waals surface area (Å²) in [6.07, 6.45) is 0. The summed E-state index contributed by atoms with van der Waals surface area (Å²) in [5.41, 5.74) is 0.684. The number of hydrogen-bond acceptors (Lipinski definition) is 4. The molecule has 0 aliphatic carbocycles. The highest BCUT2D eigenvalue weighted by Crippen LogP contribution is 2.37. The molecular formula is C9H10BrNO3. The molecule has 1 rings (SSSR count). The van der Waals surface area contributed by atoms with Crippen molar-refractivity contribution in [1.82, 2.24) is 0 Å². The Hall–Kier alpha value is -1.23. The summed E-state index contributed by atoms with van der Waals surface area (Å²) in [7, 11) is 3.25. The number of ether oxygens (including phenoxy) is 2. The molecule has 0 atom stereocenters. The van der Waals surface area contributed by atoms with E-state index in [2.05, 4.69) is 21.2 Å². The summed E-state index contributed by atoms with van der Waals surface area (Å²) >= 11 is 3.32. The minimum atomic E-state index is 0.368. The van der Waals surface area contributed by atoms with E-state index in [1.807, 2.05) is 0 Å². The van der Waals surface area contributed by atoms with Crippen LogP contribution in [0.5, 0.6) is 11.5 Å². The monoisotopic (exact) mass is 259 g/mol. The number of halogens is 1. The Morgan fingerprint density at radius 3 is 2.71 bits per heavy atom. The molecule has 0 aromatic heterocycles. The average Bonchev–Trinajstić information content (AvgIpc) is 2.20. The maximum Gasteiger partial charge on any atom is 0.298 e. The molecule has 5 heteroatoms. The molecule has 0 aliphatic heterocycles. The second-order valence-electron chi connectivity index (χ2n) is 2.45. The van der Waals surface area contributed by atoms with Crippen LogP contribution in [0.3, 0.4) is 0 Å². The van der Waals surface area contributed by atoms with E-state index < -0.39 is 0 Å². The maximum absolute atomic E-state index is 10.3. The topological polar surface area (TPSA) is 47.6 Å². The van der Waals surface area contributed by atoms with Crippen LogP contribution in [-0.2, 0) is 4.79 Å². The van der Waals surface area contributed by atoms with E-state index in [1.165, 1.54) is 7.11 Å². The minimum absolute atomic E-state index is 0.368. The van der Waals surface area contributed by atoms with Gasteiger partial charge in [0.15, 0.2) is 11.5 Å². The molecule has 0 spiro atoms. The largest absolute Gasteiger partial charge is 0.493 e. The number of benzene rings is 1. The lowest BCUT2D eigenvalue weighted by Crippen LogP contribution is -1.99. The maximum atomic E-state index is 10.3. The summed E-state index contributed by atoms with van der Waals surface area (Å²) in [6.45, 7) is 0.368. The van der Waals surface area contributed by atoms with Gasteiger partial charge in [-0.05, 0) is 12.1 Å². The van der Waals surface area contributed by atoms with Gasteiger partial charge in [0, 0.05) is 11.5 Å². The first kappa shape index (κ1) is 10.8. The van der Waals surface area contributed by atoms with E-state index in [0.717, 1.165) is 4.47 Å². The molecule has 0 fully saturated rings. The lowest BCUT2D eigenvalue weighted by Gasteiger charge is -2.11. The van der Waals surface area contributed by atoms with Gasteiger partial charge in [-0.15, -0.1) is 0 Å². The molecular weight excluding hydrogens is 250 g/mol. The van der Waals surface area contributed by atoms with E-state index in [1.54, 1.807) is 19.2 Å². The number of methoxy groups -OCH3 is 1. The summed E-state index contributed by atoms with van der Waals surface area (Å²) in [6, 6.07) is 3.51. The van der Waals surface area contributed by atoms with Crippen LogP contribution in [0.2, 0.25) is 0 Å². The van der Waals surface area contributed by atoms with Crippen molar-refractivity contribution in [3.63, 3.8) is 0 Å². The van der Waals surface area contributed by atoms with Gasteiger partial charge in [0.05, 0.1) is 12.8 Å². The van der Waals surface area contributed by atoms with Gasteiger partial charge in [0.2, 0.25) is 0 Å². The van der Waals surface area contributed by atoms with Crippen molar-refractivity contribution in [3.05, 3.63) is 16.6 Å². The highest BCUT2D eigenvalue weighted by atomic mass is 79.9. The molecule has 4 nitrogen and oxygen atoms in total. The third-order valence-corrected chi connectivity index (χ3v) is 2.13. The SMILES string of the molecule is CNc1cc(Br)cc(OC)c1OC=O. The van der Waals surface area contributed by atoms with Crippen molar-refractivity contribution in [3.8, 4) is 11.5 Å². The average molecular weight is 260 g/mol. The molecule has 76 valence electrons. The van der Waals surface area contributed by atoms with Crippen molar-refractivity contribution in [1.29, 1.82) is 0 Å². The molecule has 14 heavy (non-hydrogen) atoms. The Bertz CT molecular complexity index is 316. The smallest absolute Gasteiger partial charge is 0.298 e. The number of anilines is 1. The van der Waals surface area contributed by atoms with Crippen molar-refractivity contribution in [2.24, 2.45) is 0 Å². The number of hydrogen-bond donors (Lipinski definition) is 1. The van der Waals surface area contributed by atoms with Gasteiger partial charge in [-0.25, -0.2) is 0 Å². The normalized spacial score (nSPS) is 9.36. The summed E-state index contributed by atoms with van der Waals surface area (Å²) in [5, 5.41) is 2.90. The zero-order chi connectivity index (χ0) is 10.6. The molecule has 0 unspecified atom stereocenters. The molecule has 0 amide bonds. The van der Waals surface area contributed by atoms with E-state index in [-0.39, 0.29) is 0 Å². The van der Waals surface area contributed by atoms with Crippen LogP contribution in [0.1, 0.15) is 0 Å². The molecule has 0 aliphatic rings. The Morgan fingerprint density at radius 1 is 1.50 bits per heavy atom. The van der Waals surface area contributed by atoms with Gasteiger partial charge in [-0.1, -0.05) is 15.9 Å². The van der Waals surface area contributed by atoms with Crippen LogP contribution in [0.4, 0.5) is 5.69 Å². The van der Waals surface area contributed by atoms with Gasteiger partial charge in [0.1, 0.15) is 0 Å². The molecule has 0 radical (unpaired) electrons. The number of carbonyl (C=O) groups excluding carboxylic acids is 1. The van der Waals surface area contributed by atoms with E-state index in [0.29, 0.717) is 23.7 Å². The van der Waals surface area contributed by atoms with Gasteiger partial charge < -0.3 is 14.8 Å². The van der Waals surface area contributed by atoms with Crippen molar-refractivity contribution in [2.75, 3.05) is 19.5 Å².